The number of hydrogen-bond acceptors (Lipinski definition) is 2. The van der Waals surface area contributed by atoms with Gasteiger partial charge in [-0.3, -0.25) is 4.98 Å². The molecule has 1 aromatic rings. The fourth-order valence-electron chi connectivity index (χ4n) is 3.37. The predicted octanol–water partition coefficient (Wildman–Crippen LogP) is 4.60. The summed E-state index contributed by atoms with van der Waals surface area (Å²) in [5, 5.41) is 0.744. The van der Waals surface area contributed by atoms with Crippen molar-refractivity contribution < 1.29 is 0 Å². The number of rotatable bonds is 4. The largest absolute Gasteiger partial charge is 0.325 e. The van der Waals surface area contributed by atoms with Crippen LogP contribution in [0.15, 0.2) is 18.5 Å². The molecule has 0 aliphatic heterocycles. The highest BCUT2D eigenvalue weighted by Gasteiger charge is 2.37. The summed E-state index contributed by atoms with van der Waals surface area (Å²) in [7, 11) is 0. The molecule has 112 valence electrons. The van der Waals surface area contributed by atoms with Gasteiger partial charge in [0, 0.05) is 17.9 Å². The topological polar surface area (TPSA) is 38.9 Å². The van der Waals surface area contributed by atoms with Gasteiger partial charge >= 0.3 is 0 Å². The monoisotopic (exact) mass is 294 g/mol. The third-order valence-electron chi connectivity index (χ3n) is 5.40. The maximum absolute atomic E-state index is 6.63. The van der Waals surface area contributed by atoms with Crippen LogP contribution in [0.25, 0.3) is 0 Å². The maximum Gasteiger partial charge on any atom is 0.0621 e. The Morgan fingerprint density at radius 1 is 1.40 bits per heavy atom. The second-order valence-corrected chi connectivity index (χ2v) is 7.53. The number of halogens is 1. The third kappa shape index (κ3) is 3.53. The molecule has 2 rings (SSSR count). The van der Waals surface area contributed by atoms with Gasteiger partial charge in [-0.15, -0.1) is 0 Å². The average molecular weight is 295 g/mol. The van der Waals surface area contributed by atoms with E-state index in [9.17, 15) is 0 Å². The molecule has 1 saturated carbocycles. The highest BCUT2D eigenvalue weighted by molar-refractivity contribution is 6.31. The molecule has 0 unspecified atom stereocenters. The summed E-state index contributed by atoms with van der Waals surface area (Å²) in [6, 6.07) is 2.00. The quantitative estimate of drug-likeness (QED) is 0.881. The van der Waals surface area contributed by atoms with Crippen LogP contribution in [0.2, 0.25) is 5.02 Å². The fourth-order valence-corrected chi connectivity index (χ4v) is 3.55. The molecule has 0 radical (unpaired) electrons. The fraction of sp³-hybridized carbons (Fsp3) is 0.706. The first-order valence-corrected chi connectivity index (χ1v) is 8.11. The Morgan fingerprint density at radius 2 is 2.05 bits per heavy atom. The Labute approximate surface area is 128 Å². The molecule has 20 heavy (non-hydrogen) atoms. The van der Waals surface area contributed by atoms with Gasteiger partial charge in [0.05, 0.1) is 5.02 Å². The normalized spacial score (nSPS) is 27.6. The predicted molar refractivity (Wildman–Crippen MR) is 85.9 cm³/mol. The molecular formula is C17H27ClN2. The van der Waals surface area contributed by atoms with Crippen LogP contribution < -0.4 is 5.73 Å². The van der Waals surface area contributed by atoms with E-state index in [-0.39, 0.29) is 5.54 Å². The molecule has 0 atom stereocenters. The minimum atomic E-state index is -0.0919. The summed E-state index contributed by atoms with van der Waals surface area (Å²) >= 11 is 6.21. The lowest BCUT2D eigenvalue weighted by Gasteiger charge is -2.43. The summed E-state index contributed by atoms with van der Waals surface area (Å²) in [4.78, 5) is 4.04. The van der Waals surface area contributed by atoms with Crippen molar-refractivity contribution in [3.8, 4) is 0 Å². The van der Waals surface area contributed by atoms with Crippen LogP contribution in [0.4, 0.5) is 0 Å². The first-order chi connectivity index (χ1) is 9.36. The highest BCUT2D eigenvalue weighted by atomic mass is 35.5. The van der Waals surface area contributed by atoms with Gasteiger partial charge < -0.3 is 5.73 Å². The summed E-state index contributed by atoms with van der Waals surface area (Å²) in [6.07, 6.45) is 10.3. The Balaban J connectivity index is 2.00. The van der Waals surface area contributed by atoms with E-state index in [1.807, 2.05) is 6.07 Å². The van der Waals surface area contributed by atoms with Crippen LogP contribution in [-0.2, 0) is 6.42 Å². The SMILES string of the molecule is CCC(C)(C)C1CCC(N)(Cc2ccncc2Cl)CC1. The summed E-state index contributed by atoms with van der Waals surface area (Å²) in [5.74, 6) is 0.803. The van der Waals surface area contributed by atoms with Crippen molar-refractivity contribution in [1.29, 1.82) is 0 Å². The molecule has 2 nitrogen and oxygen atoms in total. The van der Waals surface area contributed by atoms with E-state index < -0.39 is 0 Å². The van der Waals surface area contributed by atoms with Crippen LogP contribution in [0.5, 0.6) is 0 Å². The average Bonchev–Trinajstić information content (AvgIpc) is 2.42. The van der Waals surface area contributed by atoms with E-state index in [1.165, 1.54) is 19.3 Å². The second kappa shape index (κ2) is 6.03. The van der Waals surface area contributed by atoms with Gasteiger partial charge in [0.1, 0.15) is 0 Å². The Morgan fingerprint density at radius 3 is 2.60 bits per heavy atom. The molecule has 2 N–H and O–H groups in total. The van der Waals surface area contributed by atoms with E-state index in [2.05, 4.69) is 25.8 Å². The van der Waals surface area contributed by atoms with E-state index in [1.54, 1.807) is 12.4 Å². The second-order valence-electron chi connectivity index (χ2n) is 7.12. The summed E-state index contributed by atoms with van der Waals surface area (Å²) in [6.45, 7) is 7.07. The van der Waals surface area contributed by atoms with Gasteiger partial charge in [-0.05, 0) is 55.1 Å². The first-order valence-electron chi connectivity index (χ1n) is 7.73. The van der Waals surface area contributed by atoms with E-state index in [0.717, 1.165) is 35.8 Å². The zero-order valence-electron chi connectivity index (χ0n) is 13.0. The molecule has 0 saturated heterocycles. The van der Waals surface area contributed by atoms with Crippen LogP contribution in [0.3, 0.4) is 0 Å². The number of nitrogens with zero attached hydrogens (tertiary/aromatic N) is 1. The van der Waals surface area contributed by atoms with Crippen LogP contribution in [0.1, 0.15) is 58.4 Å². The van der Waals surface area contributed by atoms with Crippen LogP contribution in [-0.4, -0.2) is 10.5 Å². The molecule has 1 aromatic heterocycles. The lowest BCUT2D eigenvalue weighted by Crippen LogP contribution is -2.47. The molecule has 0 spiro atoms. The van der Waals surface area contributed by atoms with Crippen molar-refractivity contribution in [3.05, 3.63) is 29.0 Å². The maximum atomic E-state index is 6.63. The lowest BCUT2D eigenvalue weighted by molar-refractivity contribution is 0.115. The lowest BCUT2D eigenvalue weighted by atomic mass is 9.65. The van der Waals surface area contributed by atoms with Crippen molar-refractivity contribution in [1.82, 2.24) is 4.98 Å². The molecule has 1 heterocycles. The Bertz CT molecular complexity index is 448. The smallest absolute Gasteiger partial charge is 0.0621 e. The summed E-state index contributed by atoms with van der Waals surface area (Å²) in [5.41, 5.74) is 8.11. The molecule has 0 aromatic carbocycles. The van der Waals surface area contributed by atoms with Gasteiger partial charge in [-0.2, -0.15) is 0 Å². The Kier molecular flexibility index (Phi) is 4.76. The van der Waals surface area contributed by atoms with Crippen molar-refractivity contribution in [2.45, 2.75) is 64.8 Å². The molecule has 0 amide bonds. The number of hydrogen-bond donors (Lipinski definition) is 1. The minimum absolute atomic E-state index is 0.0919. The number of nitrogens with two attached hydrogens (primary N) is 1. The van der Waals surface area contributed by atoms with Crippen molar-refractivity contribution in [2.24, 2.45) is 17.1 Å². The molecule has 1 fully saturated rings. The van der Waals surface area contributed by atoms with Gasteiger partial charge in [0.25, 0.3) is 0 Å². The third-order valence-corrected chi connectivity index (χ3v) is 5.74. The van der Waals surface area contributed by atoms with Gasteiger partial charge in [0.2, 0.25) is 0 Å². The van der Waals surface area contributed by atoms with Crippen LogP contribution >= 0.6 is 11.6 Å². The van der Waals surface area contributed by atoms with Crippen molar-refractivity contribution >= 4 is 11.6 Å². The standard InChI is InChI=1S/C17H27ClN2/c1-4-16(2,3)14-5-8-17(19,9-6-14)11-13-7-10-20-12-15(13)18/h7,10,12,14H,4-6,8-9,11,19H2,1-3H3. The molecule has 1 aliphatic rings. The highest BCUT2D eigenvalue weighted by Crippen LogP contribution is 2.43. The van der Waals surface area contributed by atoms with Crippen molar-refractivity contribution in [2.75, 3.05) is 0 Å². The van der Waals surface area contributed by atoms with Crippen molar-refractivity contribution in [3.63, 3.8) is 0 Å². The van der Waals surface area contributed by atoms with E-state index >= 15 is 0 Å². The molecule has 0 bridgehead atoms. The zero-order chi connectivity index (χ0) is 14.8. The summed E-state index contributed by atoms with van der Waals surface area (Å²) < 4.78 is 0. The zero-order valence-corrected chi connectivity index (χ0v) is 13.7. The molecule has 1 aliphatic carbocycles. The first kappa shape index (κ1) is 15.8. The molecule has 3 heteroatoms. The number of aromatic nitrogens is 1. The van der Waals surface area contributed by atoms with Gasteiger partial charge in [0.15, 0.2) is 0 Å². The van der Waals surface area contributed by atoms with Crippen LogP contribution in [0, 0.1) is 11.3 Å². The van der Waals surface area contributed by atoms with E-state index in [0.29, 0.717) is 5.41 Å². The minimum Gasteiger partial charge on any atom is -0.325 e. The van der Waals surface area contributed by atoms with Gasteiger partial charge in [-0.25, -0.2) is 0 Å². The Hall–Kier alpha value is -0.600. The van der Waals surface area contributed by atoms with E-state index in [4.69, 9.17) is 17.3 Å². The van der Waals surface area contributed by atoms with Gasteiger partial charge in [-0.1, -0.05) is 38.8 Å². The number of pyridine rings is 1. The molecular weight excluding hydrogens is 268 g/mol.